The van der Waals surface area contributed by atoms with Crippen LogP contribution < -0.4 is 11.5 Å². The van der Waals surface area contributed by atoms with Crippen molar-refractivity contribution in [2.75, 3.05) is 0 Å². The first-order chi connectivity index (χ1) is 7.58. The van der Waals surface area contributed by atoms with Crippen LogP contribution in [0.1, 0.15) is 0 Å². The van der Waals surface area contributed by atoms with Gasteiger partial charge in [-0.1, -0.05) is 0 Å². The quantitative estimate of drug-likeness (QED) is 0.764. The largest absolute Gasteiger partial charge is 0.507 e. The van der Waals surface area contributed by atoms with E-state index in [1.807, 2.05) is 0 Å². The highest BCUT2D eigenvalue weighted by Gasteiger charge is 2.09. The van der Waals surface area contributed by atoms with Gasteiger partial charge >= 0.3 is 0 Å². The van der Waals surface area contributed by atoms with Gasteiger partial charge in [0.15, 0.2) is 0 Å². The summed E-state index contributed by atoms with van der Waals surface area (Å²) in [5.41, 5.74) is 16.0. The van der Waals surface area contributed by atoms with E-state index in [9.17, 15) is 10.2 Å². The second-order valence-corrected chi connectivity index (χ2v) is 3.46. The maximum absolute atomic E-state index is 9.66. The highest BCUT2D eigenvalue weighted by atomic mass is 16.3. The van der Waals surface area contributed by atoms with Gasteiger partial charge in [-0.15, -0.1) is 0 Å². The third-order valence-electron chi connectivity index (χ3n) is 2.29. The summed E-state index contributed by atoms with van der Waals surface area (Å²) in [5, 5.41) is 19.3. The van der Waals surface area contributed by atoms with Crippen LogP contribution >= 0.6 is 0 Å². The molecule has 0 fully saturated rings. The molecule has 0 atom stereocenters. The Balaban J connectivity index is 2.59. The summed E-state index contributed by atoms with van der Waals surface area (Å²) < 4.78 is 0. The maximum Gasteiger partial charge on any atom is 0.125 e. The number of hydrogen-bond donors (Lipinski definition) is 2. The Bertz CT molecular complexity index is 489. The molecule has 0 spiro atoms. The van der Waals surface area contributed by atoms with Crippen LogP contribution in [0.25, 0.3) is 11.1 Å². The molecule has 2 rings (SSSR count). The van der Waals surface area contributed by atoms with E-state index in [0.717, 1.165) is 0 Å². The number of phenols is 2. The number of rotatable bonds is 1. The molecule has 4 heteroatoms. The molecule has 0 aromatic heterocycles. The molecule has 80 valence electrons. The molecule has 2 radical (unpaired) electrons. The van der Waals surface area contributed by atoms with Gasteiger partial charge in [-0.25, -0.2) is 0 Å². The third kappa shape index (κ3) is 1.72. The normalized spacial score (nSPS) is 10.2. The van der Waals surface area contributed by atoms with Crippen molar-refractivity contribution in [2.45, 2.75) is 0 Å². The summed E-state index contributed by atoms with van der Waals surface area (Å²) in [5.74, 6) is -0.110. The lowest BCUT2D eigenvalue weighted by Gasteiger charge is -2.07. The number of nitrogens with one attached hydrogen (secondary N) is 2. The topological polar surface area (TPSA) is 88.1 Å². The van der Waals surface area contributed by atoms with E-state index in [1.165, 1.54) is 24.3 Å². The molecular formula is C12H10N2O2. The molecule has 0 saturated carbocycles. The Morgan fingerprint density at radius 1 is 0.688 bits per heavy atom. The van der Waals surface area contributed by atoms with Gasteiger partial charge in [-0.05, 0) is 24.3 Å². The van der Waals surface area contributed by atoms with Crippen LogP contribution in [-0.2, 0) is 0 Å². The molecule has 0 saturated heterocycles. The minimum absolute atomic E-state index is 0.0551. The fourth-order valence-corrected chi connectivity index (χ4v) is 1.52. The van der Waals surface area contributed by atoms with Gasteiger partial charge in [0.05, 0.1) is 11.4 Å². The van der Waals surface area contributed by atoms with Gasteiger partial charge in [0.1, 0.15) is 11.5 Å². The van der Waals surface area contributed by atoms with Crippen molar-refractivity contribution in [3.8, 4) is 22.6 Å². The predicted molar refractivity (Wildman–Crippen MR) is 60.7 cm³/mol. The molecule has 0 bridgehead atoms. The first-order valence-corrected chi connectivity index (χ1v) is 4.67. The lowest BCUT2D eigenvalue weighted by Crippen LogP contribution is -1.82. The van der Waals surface area contributed by atoms with Crippen molar-refractivity contribution in [1.29, 1.82) is 0 Å². The average molecular weight is 214 g/mol. The Hall–Kier alpha value is -2.36. The first kappa shape index (κ1) is 10.2. The minimum Gasteiger partial charge on any atom is -0.507 e. The van der Waals surface area contributed by atoms with Gasteiger partial charge < -0.3 is 21.7 Å². The van der Waals surface area contributed by atoms with Crippen molar-refractivity contribution >= 4 is 11.4 Å². The lowest BCUT2D eigenvalue weighted by atomic mass is 10.0. The molecule has 0 aliphatic heterocycles. The van der Waals surface area contributed by atoms with Gasteiger partial charge in [0, 0.05) is 23.3 Å². The summed E-state index contributed by atoms with van der Waals surface area (Å²) in [6.45, 7) is 0. The maximum atomic E-state index is 9.66. The molecule has 2 aromatic rings. The van der Waals surface area contributed by atoms with Crippen LogP contribution in [0.3, 0.4) is 0 Å². The van der Waals surface area contributed by atoms with Crippen molar-refractivity contribution in [3.63, 3.8) is 0 Å². The molecule has 0 amide bonds. The first-order valence-electron chi connectivity index (χ1n) is 4.67. The van der Waals surface area contributed by atoms with E-state index < -0.39 is 0 Å². The summed E-state index contributed by atoms with van der Waals surface area (Å²) in [7, 11) is 0. The van der Waals surface area contributed by atoms with Crippen LogP contribution in [0.2, 0.25) is 0 Å². The fraction of sp³-hybridized carbons (Fsp3) is 0. The Morgan fingerprint density at radius 2 is 1.06 bits per heavy atom. The summed E-state index contributed by atoms with van der Waals surface area (Å²) in [4.78, 5) is 0. The van der Waals surface area contributed by atoms with Crippen LogP contribution in [0.4, 0.5) is 11.4 Å². The summed E-state index contributed by atoms with van der Waals surface area (Å²) in [6, 6.07) is 8.81. The van der Waals surface area contributed by atoms with Gasteiger partial charge in [0.2, 0.25) is 0 Å². The summed E-state index contributed by atoms with van der Waals surface area (Å²) in [6.07, 6.45) is 0. The molecule has 0 aliphatic rings. The zero-order valence-corrected chi connectivity index (χ0v) is 8.36. The molecule has 16 heavy (non-hydrogen) atoms. The number of hydrogen-bond acceptors (Lipinski definition) is 2. The fourth-order valence-electron chi connectivity index (χ4n) is 1.52. The van der Waals surface area contributed by atoms with Crippen LogP contribution in [0, 0.1) is 0 Å². The summed E-state index contributed by atoms with van der Waals surface area (Å²) >= 11 is 0. The zero-order chi connectivity index (χ0) is 11.7. The van der Waals surface area contributed by atoms with Gasteiger partial charge in [0.25, 0.3) is 0 Å². The third-order valence-corrected chi connectivity index (χ3v) is 2.29. The van der Waals surface area contributed by atoms with Crippen molar-refractivity contribution in [2.24, 2.45) is 0 Å². The van der Waals surface area contributed by atoms with Crippen LogP contribution in [0.5, 0.6) is 11.5 Å². The Labute approximate surface area is 92.8 Å². The SMILES string of the molecule is [NH]c1ccc(-c2ccc([NH])cc2O)c(O)c1. The van der Waals surface area contributed by atoms with E-state index in [-0.39, 0.29) is 22.9 Å². The van der Waals surface area contributed by atoms with E-state index in [0.29, 0.717) is 11.1 Å². The second-order valence-electron chi connectivity index (χ2n) is 3.46. The van der Waals surface area contributed by atoms with Crippen molar-refractivity contribution in [3.05, 3.63) is 36.4 Å². The molecule has 0 heterocycles. The van der Waals surface area contributed by atoms with E-state index in [4.69, 9.17) is 11.5 Å². The second kappa shape index (κ2) is 3.66. The molecule has 2 aromatic carbocycles. The minimum atomic E-state index is -0.0551. The number of phenolic OH excluding ortho intramolecular Hbond substituents is 2. The highest BCUT2D eigenvalue weighted by molar-refractivity contribution is 5.77. The Morgan fingerprint density at radius 3 is 1.38 bits per heavy atom. The van der Waals surface area contributed by atoms with Crippen LogP contribution in [-0.4, -0.2) is 10.2 Å². The zero-order valence-electron chi connectivity index (χ0n) is 8.36. The number of benzene rings is 2. The lowest BCUT2D eigenvalue weighted by molar-refractivity contribution is 0.469. The predicted octanol–water partition coefficient (Wildman–Crippen LogP) is 2.59. The number of aromatic hydroxyl groups is 2. The Kier molecular flexibility index (Phi) is 2.32. The monoisotopic (exact) mass is 214 g/mol. The molecular weight excluding hydrogens is 204 g/mol. The molecule has 0 unspecified atom stereocenters. The smallest absolute Gasteiger partial charge is 0.125 e. The van der Waals surface area contributed by atoms with Gasteiger partial charge in [-0.3, -0.25) is 0 Å². The van der Waals surface area contributed by atoms with E-state index in [1.54, 1.807) is 12.1 Å². The standard InChI is InChI=1S/C12H10N2O2/c13-7-1-3-9(11(15)5-7)10-4-2-8(14)6-12(10)16/h1-6,13-16H. The molecule has 0 aliphatic carbocycles. The molecule has 4 nitrogen and oxygen atoms in total. The van der Waals surface area contributed by atoms with Crippen LogP contribution in [0.15, 0.2) is 36.4 Å². The highest BCUT2D eigenvalue weighted by Crippen LogP contribution is 2.37. The van der Waals surface area contributed by atoms with Gasteiger partial charge in [-0.2, -0.15) is 0 Å². The van der Waals surface area contributed by atoms with Crippen molar-refractivity contribution < 1.29 is 10.2 Å². The molecule has 4 N–H and O–H groups in total. The van der Waals surface area contributed by atoms with E-state index in [2.05, 4.69) is 0 Å². The van der Waals surface area contributed by atoms with Crippen molar-refractivity contribution in [1.82, 2.24) is 11.5 Å². The average Bonchev–Trinajstić information content (AvgIpc) is 2.19. The van der Waals surface area contributed by atoms with E-state index >= 15 is 0 Å².